The van der Waals surface area contributed by atoms with Gasteiger partial charge in [0.1, 0.15) is 5.75 Å². The van der Waals surface area contributed by atoms with Crippen molar-refractivity contribution in [3.63, 3.8) is 0 Å². The smallest absolute Gasteiger partial charge is 0.287 e. The van der Waals surface area contributed by atoms with Gasteiger partial charge in [0.25, 0.3) is 11.8 Å². The summed E-state index contributed by atoms with van der Waals surface area (Å²) in [5, 5.41) is 5.74. The molecule has 1 atom stereocenters. The molecule has 2 N–H and O–H groups in total. The average Bonchev–Trinajstić information content (AvgIpc) is 3.07. The van der Waals surface area contributed by atoms with Gasteiger partial charge >= 0.3 is 0 Å². The molecular weight excluding hydrogens is 320 g/mol. The molecular formula is C16H17ClN2O4. The Bertz CT molecular complexity index is 658. The Balaban J connectivity index is 1.70. The maximum Gasteiger partial charge on any atom is 0.287 e. The van der Waals surface area contributed by atoms with Gasteiger partial charge in [-0.25, -0.2) is 0 Å². The van der Waals surface area contributed by atoms with Crippen LogP contribution in [0.2, 0.25) is 5.02 Å². The van der Waals surface area contributed by atoms with E-state index in [-0.39, 0.29) is 30.7 Å². The summed E-state index contributed by atoms with van der Waals surface area (Å²) in [6, 6.07) is 10.1. The lowest BCUT2D eigenvalue weighted by Gasteiger charge is -2.15. The summed E-state index contributed by atoms with van der Waals surface area (Å²) in [6.45, 7) is 2.19. The Morgan fingerprint density at radius 2 is 1.91 bits per heavy atom. The molecule has 2 rings (SSSR count). The molecule has 1 heterocycles. The van der Waals surface area contributed by atoms with Crippen LogP contribution in [-0.4, -0.2) is 31.0 Å². The summed E-state index contributed by atoms with van der Waals surface area (Å²) in [5.74, 6) is 0.0523. The van der Waals surface area contributed by atoms with Crippen LogP contribution < -0.4 is 15.4 Å². The van der Waals surface area contributed by atoms with Gasteiger partial charge in [-0.3, -0.25) is 9.59 Å². The number of amides is 2. The molecule has 0 spiro atoms. The van der Waals surface area contributed by atoms with Gasteiger partial charge in [0.05, 0.1) is 11.3 Å². The zero-order valence-corrected chi connectivity index (χ0v) is 13.3. The van der Waals surface area contributed by atoms with Crippen molar-refractivity contribution in [3.05, 3.63) is 53.4 Å². The molecule has 0 radical (unpaired) electrons. The third-order valence-corrected chi connectivity index (χ3v) is 3.28. The average molecular weight is 337 g/mol. The highest BCUT2D eigenvalue weighted by Crippen LogP contribution is 2.24. The number of rotatable bonds is 7. The standard InChI is InChI=1S/C16H17ClN2O4/c1-11(23-13-6-3-2-5-12(13)17)15(20)18-8-9-19-16(21)14-7-4-10-22-14/h2-7,10-11H,8-9H2,1H3,(H,18,20)(H,19,21). The zero-order valence-electron chi connectivity index (χ0n) is 12.5. The van der Waals surface area contributed by atoms with Crippen LogP contribution in [0, 0.1) is 0 Å². The van der Waals surface area contributed by atoms with E-state index in [0.29, 0.717) is 10.8 Å². The quantitative estimate of drug-likeness (QED) is 0.760. The minimum atomic E-state index is -0.698. The first-order valence-electron chi connectivity index (χ1n) is 7.08. The molecule has 0 bridgehead atoms. The highest BCUT2D eigenvalue weighted by molar-refractivity contribution is 6.32. The summed E-state index contributed by atoms with van der Waals surface area (Å²) < 4.78 is 10.5. The highest BCUT2D eigenvalue weighted by atomic mass is 35.5. The van der Waals surface area contributed by atoms with E-state index in [2.05, 4.69) is 10.6 Å². The number of ether oxygens (including phenoxy) is 1. The Morgan fingerprint density at radius 1 is 1.17 bits per heavy atom. The fourth-order valence-electron chi connectivity index (χ4n) is 1.78. The fourth-order valence-corrected chi connectivity index (χ4v) is 1.96. The van der Waals surface area contributed by atoms with Gasteiger partial charge in [-0.2, -0.15) is 0 Å². The first kappa shape index (κ1) is 16.9. The van der Waals surface area contributed by atoms with Crippen LogP contribution in [0.1, 0.15) is 17.5 Å². The number of hydrogen-bond donors (Lipinski definition) is 2. The molecule has 23 heavy (non-hydrogen) atoms. The molecule has 0 saturated carbocycles. The number of benzene rings is 1. The lowest BCUT2D eigenvalue weighted by Crippen LogP contribution is -2.40. The summed E-state index contributed by atoms with van der Waals surface area (Å²) in [5.41, 5.74) is 0. The van der Waals surface area contributed by atoms with Crippen LogP contribution in [0.25, 0.3) is 0 Å². The fraction of sp³-hybridized carbons (Fsp3) is 0.250. The van der Waals surface area contributed by atoms with Gasteiger partial charge < -0.3 is 19.8 Å². The Labute approximate surface area is 138 Å². The Morgan fingerprint density at radius 3 is 2.61 bits per heavy atom. The Hall–Kier alpha value is -2.47. The number of carbonyl (C=O) groups is 2. The SMILES string of the molecule is CC(Oc1ccccc1Cl)C(=O)NCCNC(=O)c1ccco1. The van der Waals surface area contributed by atoms with E-state index in [1.165, 1.54) is 6.26 Å². The molecule has 6 nitrogen and oxygen atoms in total. The predicted octanol–water partition coefficient (Wildman–Crippen LogP) is 2.25. The predicted molar refractivity (Wildman–Crippen MR) is 85.6 cm³/mol. The third kappa shape index (κ3) is 5.03. The van der Waals surface area contributed by atoms with Crippen molar-refractivity contribution in [2.45, 2.75) is 13.0 Å². The molecule has 2 aromatic rings. The van der Waals surface area contributed by atoms with E-state index < -0.39 is 6.10 Å². The molecule has 0 aliphatic heterocycles. The van der Waals surface area contributed by atoms with Crippen molar-refractivity contribution >= 4 is 23.4 Å². The van der Waals surface area contributed by atoms with Crippen molar-refractivity contribution in [2.24, 2.45) is 0 Å². The lowest BCUT2D eigenvalue weighted by atomic mass is 10.3. The molecule has 0 aliphatic rings. The van der Waals surface area contributed by atoms with Gasteiger partial charge in [0, 0.05) is 13.1 Å². The highest BCUT2D eigenvalue weighted by Gasteiger charge is 2.15. The van der Waals surface area contributed by atoms with E-state index in [9.17, 15) is 9.59 Å². The molecule has 0 fully saturated rings. The van der Waals surface area contributed by atoms with Gasteiger partial charge in [-0.05, 0) is 31.2 Å². The van der Waals surface area contributed by atoms with Gasteiger partial charge in [-0.15, -0.1) is 0 Å². The van der Waals surface area contributed by atoms with E-state index >= 15 is 0 Å². The van der Waals surface area contributed by atoms with Crippen molar-refractivity contribution in [3.8, 4) is 5.75 Å². The van der Waals surface area contributed by atoms with Crippen LogP contribution in [0.5, 0.6) is 5.75 Å². The summed E-state index contributed by atoms with van der Waals surface area (Å²) >= 11 is 5.97. The molecule has 0 aliphatic carbocycles. The van der Waals surface area contributed by atoms with Crippen LogP contribution in [-0.2, 0) is 4.79 Å². The first-order valence-corrected chi connectivity index (χ1v) is 7.46. The van der Waals surface area contributed by atoms with Crippen LogP contribution >= 0.6 is 11.6 Å². The second kappa shape index (κ2) is 8.24. The molecule has 1 aromatic heterocycles. The number of halogens is 1. The Kier molecular flexibility index (Phi) is 6.05. The van der Waals surface area contributed by atoms with E-state index in [1.54, 1.807) is 43.3 Å². The maximum absolute atomic E-state index is 11.9. The van der Waals surface area contributed by atoms with Crippen molar-refractivity contribution in [1.29, 1.82) is 0 Å². The van der Waals surface area contributed by atoms with E-state index in [4.69, 9.17) is 20.8 Å². The number of furan rings is 1. The second-order valence-electron chi connectivity index (χ2n) is 4.71. The molecule has 1 unspecified atom stereocenters. The largest absolute Gasteiger partial charge is 0.479 e. The summed E-state index contributed by atoms with van der Waals surface area (Å²) in [6.07, 6.45) is 0.723. The minimum absolute atomic E-state index is 0.228. The van der Waals surface area contributed by atoms with Crippen LogP contribution in [0.3, 0.4) is 0 Å². The van der Waals surface area contributed by atoms with Gasteiger partial charge in [0.2, 0.25) is 0 Å². The molecule has 0 saturated heterocycles. The molecule has 122 valence electrons. The van der Waals surface area contributed by atoms with Crippen molar-refractivity contribution in [1.82, 2.24) is 10.6 Å². The van der Waals surface area contributed by atoms with Crippen LogP contribution in [0.15, 0.2) is 47.1 Å². The topological polar surface area (TPSA) is 80.6 Å². The normalized spacial score (nSPS) is 11.6. The summed E-state index contributed by atoms with van der Waals surface area (Å²) in [7, 11) is 0. The van der Waals surface area contributed by atoms with Gasteiger partial charge in [0.15, 0.2) is 11.9 Å². The zero-order chi connectivity index (χ0) is 16.7. The maximum atomic E-state index is 11.9. The third-order valence-electron chi connectivity index (χ3n) is 2.96. The molecule has 7 heteroatoms. The molecule has 1 aromatic carbocycles. The van der Waals surface area contributed by atoms with Crippen molar-refractivity contribution < 1.29 is 18.7 Å². The van der Waals surface area contributed by atoms with E-state index in [1.807, 2.05) is 0 Å². The molecule has 2 amide bonds. The van der Waals surface area contributed by atoms with Crippen molar-refractivity contribution in [2.75, 3.05) is 13.1 Å². The first-order chi connectivity index (χ1) is 11.1. The second-order valence-corrected chi connectivity index (χ2v) is 5.12. The van der Waals surface area contributed by atoms with Gasteiger partial charge in [-0.1, -0.05) is 23.7 Å². The number of hydrogen-bond acceptors (Lipinski definition) is 4. The summed E-state index contributed by atoms with van der Waals surface area (Å²) in [4.78, 5) is 23.5. The number of para-hydroxylation sites is 1. The minimum Gasteiger partial charge on any atom is -0.479 e. The van der Waals surface area contributed by atoms with E-state index in [0.717, 1.165) is 0 Å². The lowest BCUT2D eigenvalue weighted by molar-refractivity contribution is -0.127. The number of carbonyl (C=O) groups excluding carboxylic acids is 2. The monoisotopic (exact) mass is 336 g/mol. The number of nitrogens with one attached hydrogen (secondary N) is 2. The van der Waals surface area contributed by atoms with Crippen LogP contribution in [0.4, 0.5) is 0 Å².